The molecule has 0 unspecified atom stereocenters. The highest BCUT2D eigenvalue weighted by Crippen LogP contribution is 2.31. The molecule has 0 bridgehead atoms. The molecule has 152 valence electrons. The average molecular weight is 433 g/mol. The van der Waals surface area contributed by atoms with Crippen LogP contribution in [0.5, 0.6) is 0 Å². The summed E-state index contributed by atoms with van der Waals surface area (Å²) in [5.74, 6) is -0.0215. The maximum Gasteiger partial charge on any atom is 0.289 e. The van der Waals surface area contributed by atoms with Gasteiger partial charge in [0.2, 0.25) is 10.0 Å². The van der Waals surface area contributed by atoms with Crippen LogP contribution < -0.4 is 0 Å². The van der Waals surface area contributed by atoms with E-state index in [-0.39, 0.29) is 30.5 Å². The quantitative estimate of drug-likeness (QED) is 0.630. The molecule has 0 saturated carbocycles. The van der Waals surface area contributed by atoms with Gasteiger partial charge < -0.3 is 9.32 Å². The number of carbonyl (C=O) groups is 1. The number of hydrogen-bond donors (Lipinski definition) is 0. The standard InChI is InChI=1S/C21H21ClN2O4S/c1-15-17-8-5-9-18(22)20(17)28-19(15)21(25)23-10-12-24(13-11-23)29(26,27)14-16-6-3-2-4-7-16/h2-9H,10-14H2,1H3. The van der Waals surface area contributed by atoms with E-state index < -0.39 is 10.0 Å². The van der Waals surface area contributed by atoms with E-state index in [1.807, 2.05) is 37.3 Å². The van der Waals surface area contributed by atoms with Gasteiger partial charge in [-0.25, -0.2) is 8.42 Å². The largest absolute Gasteiger partial charge is 0.449 e. The first-order valence-electron chi connectivity index (χ1n) is 9.35. The Morgan fingerprint density at radius 2 is 1.72 bits per heavy atom. The van der Waals surface area contributed by atoms with Crippen LogP contribution in [0.2, 0.25) is 5.02 Å². The average Bonchev–Trinajstić information content (AvgIpc) is 3.06. The third-order valence-corrected chi connectivity index (χ3v) is 7.37. The van der Waals surface area contributed by atoms with Gasteiger partial charge in [-0.2, -0.15) is 4.31 Å². The third kappa shape index (κ3) is 3.90. The highest BCUT2D eigenvalue weighted by Gasteiger charge is 2.31. The van der Waals surface area contributed by atoms with Crippen LogP contribution in [-0.2, 0) is 15.8 Å². The minimum absolute atomic E-state index is 0.0387. The van der Waals surface area contributed by atoms with Gasteiger partial charge in [0, 0.05) is 37.1 Å². The lowest BCUT2D eigenvalue weighted by atomic mass is 10.1. The van der Waals surface area contributed by atoms with Crippen LogP contribution in [0.4, 0.5) is 0 Å². The van der Waals surface area contributed by atoms with Crippen molar-refractivity contribution in [2.45, 2.75) is 12.7 Å². The number of sulfonamides is 1. The van der Waals surface area contributed by atoms with E-state index in [0.717, 1.165) is 16.5 Å². The fourth-order valence-electron chi connectivity index (χ4n) is 3.60. The monoisotopic (exact) mass is 432 g/mol. The maximum atomic E-state index is 13.0. The van der Waals surface area contributed by atoms with Gasteiger partial charge in [0.25, 0.3) is 5.91 Å². The van der Waals surface area contributed by atoms with Crippen LogP contribution in [0.3, 0.4) is 0 Å². The third-order valence-electron chi connectivity index (χ3n) is 5.22. The van der Waals surface area contributed by atoms with Gasteiger partial charge in [-0.3, -0.25) is 4.79 Å². The molecular weight excluding hydrogens is 412 g/mol. The van der Waals surface area contributed by atoms with Gasteiger partial charge in [0.05, 0.1) is 10.8 Å². The summed E-state index contributed by atoms with van der Waals surface area (Å²) < 4.78 is 32.6. The molecule has 8 heteroatoms. The number of benzene rings is 2. The second-order valence-corrected chi connectivity index (χ2v) is 9.48. The topological polar surface area (TPSA) is 70.8 Å². The van der Waals surface area contributed by atoms with Crippen LogP contribution in [-0.4, -0.2) is 49.7 Å². The Kier molecular flexibility index (Phi) is 5.38. The smallest absolute Gasteiger partial charge is 0.289 e. The molecule has 1 aliphatic heterocycles. The molecule has 4 rings (SSSR count). The molecule has 1 amide bonds. The Labute approximate surface area is 174 Å². The number of halogens is 1. The summed E-state index contributed by atoms with van der Waals surface area (Å²) in [6.45, 7) is 2.99. The highest BCUT2D eigenvalue weighted by molar-refractivity contribution is 7.88. The normalized spacial score (nSPS) is 15.7. The Balaban J connectivity index is 1.46. The predicted octanol–water partition coefficient (Wildman–Crippen LogP) is 3.68. The number of fused-ring (bicyclic) bond motifs is 1. The van der Waals surface area contributed by atoms with Crippen molar-refractivity contribution in [2.24, 2.45) is 0 Å². The van der Waals surface area contributed by atoms with Gasteiger partial charge in [-0.15, -0.1) is 0 Å². The minimum atomic E-state index is -3.43. The summed E-state index contributed by atoms with van der Waals surface area (Å²) in [6.07, 6.45) is 0. The van der Waals surface area contributed by atoms with Crippen LogP contribution in [0.15, 0.2) is 52.9 Å². The molecule has 0 aliphatic carbocycles. The van der Waals surface area contributed by atoms with Crippen molar-refractivity contribution in [3.8, 4) is 0 Å². The van der Waals surface area contributed by atoms with Gasteiger partial charge in [0.1, 0.15) is 0 Å². The SMILES string of the molecule is Cc1c(C(=O)N2CCN(S(=O)(=O)Cc3ccccc3)CC2)oc2c(Cl)cccc12. The van der Waals surface area contributed by atoms with E-state index in [1.165, 1.54) is 4.31 Å². The summed E-state index contributed by atoms with van der Waals surface area (Å²) in [6, 6.07) is 14.5. The highest BCUT2D eigenvalue weighted by atomic mass is 35.5. The summed E-state index contributed by atoms with van der Waals surface area (Å²) in [7, 11) is -3.43. The van der Waals surface area contributed by atoms with E-state index in [1.54, 1.807) is 23.1 Å². The molecule has 0 spiro atoms. The van der Waals surface area contributed by atoms with Crippen LogP contribution >= 0.6 is 11.6 Å². The molecule has 2 heterocycles. The summed E-state index contributed by atoms with van der Waals surface area (Å²) >= 11 is 6.18. The number of amides is 1. The number of rotatable bonds is 4. The van der Waals surface area contributed by atoms with E-state index in [2.05, 4.69) is 0 Å². The van der Waals surface area contributed by atoms with Gasteiger partial charge in [0.15, 0.2) is 11.3 Å². The molecule has 2 aromatic carbocycles. The Morgan fingerprint density at radius 3 is 2.38 bits per heavy atom. The number of hydrogen-bond acceptors (Lipinski definition) is 4. The van der Waals surface area contributed by atoms with Crippen molar-refractivity contribution < 1.29 is 17.6 Å². The lowest BCUT2D eigenvalue weighted by molar-refractivity contribution is 0.0667. The van der Waals surface area contributed by atoms with Crippen molar-refractivity contribution in [3.63, 3.8) is 0 Å². The maximum absolute atomic E-state index is 13.0. The van der Waals surface area contributed by atoms with Crippen LogP contribution in [0.1, 0.15) is 21.7 Å². The number of nitrogens with zero attached hydrogens (tertiary/aromatic N) is 2. The van der Waals surface area contributed by atoms with Crippen molar-refractivity contribution in [3.05, 3.63) is 70.4 Å². The molecule has 0 radical (unpaired) electrons. The van der Waals surface area contributed by atoms with Gasteiger partial charge in [-0.1, -0.05) is 54.1 Å². The first-order chi connectivity index (χ1) is 13.9. The summed E-state index contributed by atoms with van der Waals surface area (Å²) in [4.78, 5) is 14.6. The summed E-state index contributed by atoms with van der Waals surface area (Å²) in [5, 5.41) is 1.27. The first-order valence-corrected chi connectivity index (χ1v) is 11.3. The Hall–Kier alpha value is -2.35. The van der Waals surface area contributed by atoms with Crippen molar-refractivity contribution in [1.29, 1.82) is 0 Å². The molecule has 1 aromatic heterocycles. The number of carbonyl (C=O) groups excluding carboxylic acids is 1. The molecule has 1 fully saturated rings. The van der Waals surface area contributed by atoms with Crippen LogP contribution in [0, 0.1) is 6.92 Å². The number of furan rings is 1. The zero-order valence-electron chi connectivity index (χ0n) is 16.0. The van der Waals surface area contributed by atoms with Gasteiger partial charge in [-0.05, 0) is 18.6 Å². The number of aryl methyl sites for hydroxylation is 1. The van der Waals surface area contributed by atoms with E-state index in [0.29, 0.717) is 23.7 Å². The zero-order chi connectivity index (χ0) is 20.6. The molecule has 1 saturated heterocycles. The molecule has 0 atom stereocenters. The molecule has 0 N–H and O–H groups in total. The van der Waals surface area contributed by atoms with Crippen molar-refractivity contribution in [2.75, 3.05) is 26.2 Å². The zero-order valence-corrected chi connectivity index (χ0v) is 17.5. The molecule has 29 heavy (non-hydrogen) atoms. The fourth-order valence-corrected chi connectivity index (χ4v) is 5.33. The van der Waals surface area contributed by atoms with E-state index >= 15 is 0 Å². The van der Waals surface area contributed by atoms with E-state index in [4.69, 9.17) is 16.0 Å². The minimum Gasteiger partial charge on any atom is -0.449 e. The molecular formula is C21H21ClN2O4S. The fraction of sp³-hybridized carbons (Fsp3) is 0.286. The predicted molar refractivity (Wildman–Crippen MR) is 113 cm³/mol. The van der Waals surface area contributed by atoms with Crippen molar-refractivity contribution in [1.82, 2.24) is 9.21 Å². The molecule has 1 aliphatic rings. The lowest BCUT2D eigenvalue weighted by Gasteiger charge is -2.33. The number of para-hydroxylation sites is 1. The molecule has 3 aromatic rings. The van der Waals surface area contributed by atoms with Crippen molar-refractivity contribution >= 4 is 38.5 Å². The Bertz CT molecular complexity index is 1150. The summed E-state index contributed by atoms with van der Waals surface area (Å²) in [5.41, 5.74) is 1.99. The first kappa shape index (κ1) is 19.9. The van der Waals surface area contributed by atoms with E-state index in [9.17, 15) is 13.2 Å². The lowest BCUT2D eigenvalue weighted by Crippen LogP contribution is -2.50. The number of piperazine rings is 1. The second kappa shape index (κ2) is 7.82. The Morgan fingerprint density at radius 1 is 1.03 bits per heavy atom. The van der Waals surface area contributed by atoms with Crippen LogP contribution in [0.25, 0.3) is 11.0 Å². The molecule has 6 nitrogen and oxygen atoms in total. The van der Waals surface area contributed by atoms with Gasteiger partial charge >= 0.3 is 0 Å². The second-order valence-electron chi connectivity index (χ2n) is 7.11.